The van der Waals surface area contributed by atoms with Crippen molar-refractivity contribution < 1.29 is 36.5 Å². The summed E-state index contributed by atoms with van der Waals surface area (Å²) in [5.74, 6) is 0. The minimum absolute atomic E-state index is 0. The van der Waals surface area contributed by atoms with Crippen LogP contribution in [0.15, 0.2) is 0 Å². The Hall–Kier alpha value is -1.92. The average Bonchev–Trinajstić information content (AvgIpc) is 2.33. The molecule has 0 spiro atoms. The molecular weight excluding hydrogens is 313 g/mol. The van der Waals surface area contributed by atoms with Gasteiger partial charge in [0.1, 0.15) is 0 Å². The quantitative estimate of drug-likeness (QED) is 0.472. The summed E-state index contributed by atoms with van der Waals surface area (Å²) in [6.45, 7) is 28.5. The van der Waals surface area contributed by atoms with E-state index in [1.165, 1.54) is 0 Å². The zero-order valence-corrected chi connectivity index (χ0v) is 9.23. The topological polar surface area (TPSA) is 143 Å². The van der Waals surface area contributed by atoms with Crippen LogP contribution in [0.4, 0.5) is 0 Å². The molecule has 0 unspecified atom stereocenters. The Bertz CT molecular complexity index is 97.3. The van der Waals surface area contributed by atoms with Gasteiger partial charge in [-0.25, -0.2) is 0 Å². The van der Waals surface area contributed by atoms with E-state index in [9.17, 15) is 0 Å². The predicted octanol–water partition coefficient (Wildman–Crippen LogP) is 0.573. The Morgan fingerprint density at radius 3 is 0.357 bits per heavy atom. The van der Waals surface area contributed by atoms with Crippen molar-refractivity contribution in [1.82, 2.24) is 0 Å². The number of nitrogens with zero attached hydrogens (tertiary/aromatic N) is 6. The minimum Gasteiger partial charge on any atom is -0.512 e. The second-order valence-corrected chi connectivity index (χ2v) is 0. The van der Waals surface area contributed by atoms with Crippen LogP contribution in [0.1, 0.15) is 0 Å². The summed E-state index contributed by atoms with van der Waals surface area (Å²) < 4.78 is 0. The van der Waals surface area contributed by atoms with Crippen LogP contribution in [0.2, 0.25) is 0 Å². The maximum atomic E-state index is 6.25. The Kier molecular flexibility index (Phi) is 1950. The van der Waals surface area contributed by atoms with Crippen LogP contribution in [0.25, 0.3) is 0 Å². The first-order valence-electron chi connectivity index (χ1n) is 1.34. The Balaban J connectivity index is -0.00000000500. The summed E-state index contributed by atoms with van der Waals surface area (Å²) in [4.78, 5) is 0. The Morgan fingerprint density at radius 2 is 0.357 bits per heavy atom. The van der Waals surface area contributed by atoms with Crippen molar-refractivity contribution in [2.24, 2.45) is 0 Å². The monoisotopic (exact) mass is 314 g/mol. The summed E-state index contributed by atoms with van der Waals surface area (Å²) in [5, 5.41) is 37.5. The van der Waals surface area contributed by atoms with Crippen molar-refractivity contribution in [3.8, 4) is 0 Å². The van der Waals surface area contributed by atoms with Gasteiger partial charge in [-0.1, -0.05) is 0 Å². The maximum absolute atomic E-state index is 6.25. The van der Waals surface area contributed by atoms with Gasteiger partial charge < -0.3 is 71.0 Å². The molecule has 0 heterocycles. The molecule has 0 aromatic rings. The Labute approximate surface area is 107 Å². The molecule has 0 fully saturated rings. The molecule has 0 saturated carbocycles. The summed E-state index contributed by atoms with van der Waals surface area (Å²) in [6, 6.07) is 0. The molecule has 0 aromatic carbocycles. The smallest absolute Gasteiger partial charge is 0.512 e. The molecule has 6 nitrogen and oxygen atoms in total. The van der Waals surface area contributed by atoms with Gasteiger partial charge >= 0.3 is 36.5 Å². The van der Waals surface area contributed by atoms with E-state index >= 15 is 0 Å². The number of rotatable bonds is 0. The van der Waals surface area contributed by atoms with E-state index in [0.29, 0.717) is 0 Å². The standard InChI is InChI=1S/6CN.Fe.Ru/c6*1-2;;/q6*-1;+2;+4. The average molecular weight is 313 g/mol. The molecule has 0 aliphatic heterocycles. The predicted molar refractivity (Wildman–Crippen MR) is 29.8 cm³/mol. The van der Waals surface area contributed by atoms with Crippen LogP contribution in [0, 0.1) is 71.0 Å². The first-order chi connectivity index (χ1) is 6.00. The molecule has 0 aliphatic carbocycles. The largest absolute Gasteiger partial charge is 4.00 e. The second kappa shape index (κ2) is 307. The molecular formula is C6FeN6Ru. The van der Waals surface area contributed by atoms with Crippen LogP contribution < -0.4 is 0 Å². The van der Waals surface area contributed by atoms with E-state index in [-0.39, 0.29) is 36.5 Å². The molecule has 8 heteroatoms. The van der Waals surface area contributed by atoms with Gasteiger partial charge in [-0.3, -0.25) is 0 Å². The molecule has 70 valence electrons. The van der Waals surface area contributed by atoms with Crippen LogP contribution in [0.5, 0.6) is 0 Å². The van der Waals surface area contributed by atoms with Gasteiger partial charge in [-0.15, -0.1) is 0 Å². The van der Waals surface area contributed by atoms with E-state index in [2.05, 4.69) is 0 Å². The fraction of sp³-hybridized carbons (Fsp3) is 0. The van der Waals surface area contributed by atoms with Crippen molar-refractivity contribution >= 4 is 0 Å². The third kappa shape index (κ3) is 226. The molecule has 0 radical (unpaired) electrons. The Morgan fingerprint density at radius 1 is 0.357 bits per heavy atom. The molecule has 0 aliphatic rings. The van der Waals surface area contributed by atoms with Crippen LogP contribution >= 0.6 is 0 Å². The van der Waals surface area contributed by atoms with Gasteiger partial charge in [-0.2, -0.15) is 0 Å². The maximum Gasteiger partial charge on any atom is 4.00 e. The molecule has 0 N–H and O–H groups in total. The van der Waals surface area contributed by atoms with E-state index in [1.807, 2.05) is 0 Å². The molecule has 0 bridgehead atoms. The van der Waals surface area contributed by atoms with E-state index in [4.69, 9.17) is 71.0 Å². The molecule has 0 aromatic heterocycles. The minimum atomic E-state index is 0. The first-order valence-corrected chi connectivity index (χ1v) is 1.34. The normalized spacial score (nSPS) is 0.857. The third-order valence-electron chi connectivity index (χ3n) is 0. The molecule has 14 heavy (non-hydrogen) atoms. The van der Waals surface area contributed by atoms with Gasteiger partial charge in [0, 0.05) is 0 Å². The summed E-state index contributed by atoms with van der Waals surface area (Å²) >= 11 is 0. The third-order valence-corrected chi connectivity index (χ3v) is 0. The van der Waals surface area contributed by atoms with Crippen molar-refractivity contribution in [2.75, 3.05) is 0 Å². The number of hydrogen-bond donors (Lipinski definition) is 0. The van der Waals surface area contributed by atoms with Crippen LogP contribution in [-0.2, 0) is 36.5 Å². The molecule has 0 rings (SSSR count). The van der Waals surface area contributed by atoms with Gasteiger partial charge in [0.25, 0.3) is 0 Å². The van der Waals surface area contributed by atoms with E-state index in [1.54, 1.807) is 0 Å². The fourth-order valence-electron chi connectivity index (χ4n) is 0. The fourth-order valence-corrected chi connectivity index (χ4v) is 0. The summed E-state index contributed by atoms with van der Waals surface area (Å²) in [7, 11) is 0. The van der Waals surface area contributed by atoms with Gasteiger partial charge in [0.05, 0.1) is 0 Å². The van der Waals surface area contributed by atoms with Crippen molar-refractivity contribution in [2.45, 2.75) is 0 Å². The van der Waals surface area contributed by atoms with Crippen molar-refractivity contribution in [3.63, 3.8) is 0 Å². The molecule has 0 saturated heterocycles. The molecule has 0 amide bonds. The van der Waals surface area contributed by atoms with E-state index < -0.39 is 0 Å². The number of hydrogen-bond acceptors (Lipinski definition) is 6. The van der Waals surface area contributed by atoms with Crippen LogP contribution in [0.3, 0.4) is 0 Å². The van der Waals surface area contributed by atoms with Crippen molar-refractivity contribution in [3.05, 3.63) is 39.4 Å². The SMILES string of the molecule is [C-]#N.[C-]#N.[C-]#N.[C-]#N.[C-]#N.[C-]#N.[Fe+2].[Ru+4]. The van der Waals surface area contributed by atoms with Gasteiger partial charge in [0.2, 0.25) is 0 Å². The summed E-state index contributed by atoms with van der Waals surface area (Å²) in [6.07, 6.45) is 0. The van der Waals surface area contributed by atoms with Crippen LogP contribution in [-0.4, -0.2) is 0 Å². The van der Waals surface area contributed by atoms with Gasteiger partial charge in [-0.05, 0) is 0 Å². The summed E-state index contributed by atoms with van der Waals surface area (Å²) in [5.41, 5.74) is 0. The van der Waals surface area contributed by atoms with E-state index in [0.717, 1.165) is 0 Å². The zero-order chi connectivity index (χ0) is 12.0. The molecule has 0 atom stereocenters. The van der Waals surface area contributed by atoms with Gasteiger partial charge in [0.15, 0.2) is 0 Å². The van der Waals surface area contributed by atoms with Crippen molar-refractivity contribution in [1.29, 1.82) is 31.6 Å². The zero-order valence-electron chi connectivity index (χ0n) is 6.39. The second-order valence-electron chi connectivity index (χ2n) is 0. The first kappa shape index (κ1) is 89.0.